The minimum atomic E-state index is -4.25. The average molecular weight is 1160 g/mol. The number of carbonyl (C=O) groups excluding carboxylic acids is 1. The molecule has 4 rings (SSSR count). The van der Waals surface area contributed by atoms with Crippen molar-refractivity contribution in [3.05, 3.63) is 79.6 Å². The van der Waals surface area contributed by atoms with Crippen LogP contribution >= 0.6 is 22.7 Å². The second-order valence-corrected chi connectivity index (χ2v) is 39.5. The molecule has 23 heteroatoms. The summed E-state index contributed by atoms with van der Waals surface area (Å²) < 4.78 is 64.7. The predicted molar refractivity (Wildman–Crippen MR) is 305 cm³/mol. The molecule has 0 aliphatic heterocycles. The first kappa shape index (κ1) is 67.7. The third-order valence-electron chi connectivity index (χ3n) is 13.3. The van der Waals surface area contributed by atoms with Crippen LogP contribution in [0.25, 0.3) is 0 Å². The van der Waals surface area contributed by atoms with Gasteiger partial charge in [0.05, 0.1) is 37.4 Å². The van der Waals surface area contributed by atoms with Crippen molar-refractivity contribution in [3.63, 3.8) is 0 Å². The monoisotopic (exact) mass is 1160 g/mol. The molecule has 0 radical (unpaired) electrons. The molecule has 0 bridgehead atoms. The van der Waals surface area contributed by atoms with Gasteiger partial charge in [-0.05, 0) is 121 Å². The van der Waals surface area contributed by atoms with Crippen molar-refractivity contribution in [2.75, 3.05) is 0 Å². The van der Waals surface area contributed by atoms with Crippen molar-refractivity contribution < 1.29 is 50.6 Å². The van der Waals surface area contributed by atoms with Gasteiger partial charge in [-0.2, -0.15) is 0 Å². The Morgan fingerprint density at radius 2 is 0.907 bits per heavy atom. The Kier molecular flexibility index (Phi) is 23.1. The van der Waals surface area contributed by atoms with Gasteiger partial charge in [0, 0.05) is 24.8 Å². The fraction of sp³-hybridized carbons (Fsp3) is 0.654. The zero-order chi connectivity index (χ0) is 58.4. The summed E-state index contributed by atoms with van der Waals surface area (Å²) >= 11 is 1.75. The standard InChI is InChI=1S/C26H43N3O5S2Si.C13H26N2O4S2Si.C13H19NO2/c1-16(2)19-13-27-14-20(17(3)4)18(19)12-22(30)29-36(32,33)23-21(28-24(35-23)26(8,9)31)15-34-37(10,11)25(5,6)7;1-12(2,3)22(6,7)19-8-9-10(21(14,17)18)20-11(15-9)13(4,5)16;1-8(2)11-6-14-7-12(9(3)4)10(11)5-13(15)16/h13-14,16-17,31H,12,15H2,1-11H3,(H,29,30);16H,8H2,1-7H3,(H2,14,17,18);6-9H,5H2,1-4H3,(H,15,16). The van der Waals surface area contributed by atoms with E-state index < -0.39 is 59.8 Å². The molecule has 0 unspecified atom stereocenters. The van der Waals surface area contributed by atoms with Crippen LogP contribution in [0.15, 0.2) is 33.2 Å². The number of thiazole rings is 2. The first-order valence-electron chi connectivity index (χ1n) is 25.1. The van der Waals surface area contributed by atoms with E-state index in [0.717, 1.165) is 56.1 Å². The summed E-state index contributed by atoms with van der Waals surface area (Å²) in [4.78, 5) is 41.2. The fourth-order valence-corrected chi connectivity index (χ4v) is 13.0. The van der Waals surface area contributed by atoms with Crippen LogP contribution in [-0.4, -0.2) is 80.6 Å². The van der Waals surface area contributed by atoms with Gasteiger partial charge < -0.3 is 24.2 Å². The molecule has 4 heterocycles. The SMILES string of the molecule is CC(C)(O)c1nc(CO[Si](C)(C)C(C)(C)C)c(S(N)(=O)=O)s1.CC(C)c1cncc(C(C)C)c1CC(=O)NS(=O)(=O)c1sc(C(C)(C)O)nc1CO[Si](C)(C)C(C)(C)C.CC(C)c1cncc(C(C)C)c1CC(=O)O. The molecule has 75 heavy (non-hydrogen) atoms. The van der Waals surface area contributed by atoms with E-state index in [1.54, 1.807) is 52.5 Å². The van der Waals surface area contributed by atoms with Gasteiger partial charge in [-0.1, -0.05) is 96.9 Å². The summed E-state index contributed by atoms with van der Waals surface area (Å²) in [5.74, 6) is -0.554. The van der Waals surface area contributed by atoms with Crippen LogP contribution in [0.2, 0.25) is 36.3 Å². The van der Waals surface area contributed by atoms with E-state index in [1.807, 2.05) is 27.7 Å². The third-order valence-corrected chi connectivity index (χ3v) is 28.5. The highest BCUT2D eigenvalue weighted by molar-refractivity contribution is 7.92. The van der Waals surface area contributed by atoms with E-state index in [1.165, 1.54) is 0 Å². The van der Waals surface area contributed by atoms with Crippen molar-refractivity contribution in [2.45, 2.75) is 230 Å². The minimum absolute atomic E-state index is 0.00382. The molecule has 0 fully saturated rings. The van der Waals surface area contributed by atoms with Crippen LogP contribution in [0.3, 0.4) is 0 Å². The molecular formula is C52H88N6O11S4Si2. The lowest BCUT2D eigenvalue weighted by atomic mass is 9.89. The molecule has 0 spiro atoms. The second kappa shape index (κ2) is 25.6. The number of pyridine rings is 2. The van der Waals surface area contributed by atoms with Gasteiger partial charge >= 0.3 is 5.97 Å². The lowest BCUT2D eigenvalue weighted by Crippen LogP contribution is -2.40. The van der Waals surface area contributed by atoms with Gasteiger partial charge in [0.25, 0.3) is 10.0 Å². The number of rotatable bonds is 19. The van der Waals surface area contributed by atoms with Gasteiger partial charge in [-0.3, -0.25) is 19.6 Å². The molecule has 17 nitrogen and oxygen atoms in total. The number of nitrogens with two attached hydrogens (primary N) is 1. The van der Waals surface area contributed by atoms with Crippen LogP contribution in [0.5, 0.6) is 0 Å². The van der Waals surface area contributed by atoms with Gasteiger partial charge in [0.1, 0.15) is 21.2 Å². The summed E-state index contributed by atoms with van der Waals surface area (Å²) in [5.41, 5.74) is 3.58. The van der Waals surface area contributed by atoms with E-state index in [-0.39, 0.29) is 72.8 Å². The van der Waals surface area contributed by atoms with Crippen molar-refractivity contribution in [2.24, 2.45) is 5.14 Å². The molecule has 0 aliphatic carbocycles. The Labute approximate surface area is 458 Å². The van der Waals surface area contributed by atoms with Crippen molar-refractivity contribution in [3.8, 4) is 0 Å². The number of amides is 1. The number of primary sulfonamides is 1. The molecule has 4 aromatic rings. The molecule has 0 aromatic carbocycles. The maximum atomic E-state index is 13.5. The Morgan fingerprint density at radius 1 is 0.600 bits per heavy atom. The maximum Gasteiger partial charge on any atom is 0.307 e. The summed E-state index contributed by atoms with van der Waals surface area (Å²) in [7, 11) is -12.4. The highest BCUT2D eigenvalue weighted by Gasteiger charge is 2.40. The van der Waals surface area contributed by atoms with Gasteiger partial charge in [0.2, 0.25) is 15.9 Å². The number of carbonyl (C=O) groups is 2. The number of hydrogen-bond acceptors (Lipinski definition) is 16. The predicted octanol–water partition coefficient (Wildman–Crippen LogP) is 11.1. The quantitative estimate of drug-likeness (QED) is 0.0546. The summed E-state index contributed by atoms with van der Waals surface area (Å²) in [6.07, 6.45) is 7.05. The molecule has 6 N–H and O–H groups in total. The number of carboxylic acids is 1. The number of aromatic nitrogens is 4. The van der Waals surface area contributed by atoms with Crippen LogP contribution < -0.4 is 9.86 Å². The van der Waals surface area contributed by atoms with E-state index in [4.69, 9.17) is 19.1 Å². The number of nitrogens with one attached hydrogen (secondary N) is 1. The zero-order valence-electron chi connectivity index (χ0n) is 48.6. The fourth-order valence-electron chi connectivity index (χ4n) is 6.73. The molecule has 0 saturated heterocycles. The van der Waals surface area contributed by atoms with E-state index in [0.29, 0.717) is 16.8 Å². The van der Waals surface area contributed by atoms with Gasteiger partial charge in [-0.15, -0.1) is 22.7 Å². The average Bonchev–Trinajstić information content (AvgIpc) is 3.88. The topological polar surface area (TPSA) is 271 Å². The lowest BCUT2D eigenvalue weighted by molar-refractivity contribution is -0.136. The van der Waals surface area contributed by atoms with Crippen molar-refractivity contribution in [1.29, 1.82) is 0 Å². The van der Waals surface area contributed by atoms with Crippen LogP contribution in [0.4, 0.5) is 0 Å². The molecule has 0 saturated carbocycles. The first-order chi connectivity index (χ1) is 33.7. The van der Waals surface area contributed by atoms with E-state index in [9.17, 15) is 36.6 Å². The summed E-state index contributed by atoms with van der Waals surface area (Å²) in [6.45, 7) is 43.4. The number of sulfonamides is 2. The van der Waals surface area contributed by atoms with Crippen molar-refractivity contribution in [1.82, 2.24) is 24.7 Å². The number of aliphatic hydroxyl groups is 2. The number of nitrogens with zero attached hydrogens (tertiary/aromatic N) is 4. The largest absolute Gasteiger partial charge is 0.481 e. The van der Waals surface area contributed by atoms with E-state index in [2.05, 4.69) is 120 Å². The summed E-state index contributed by atoms with van der Waals surface area (Å²) in [5, 5.41) is 35.2. The Hall–Kier alpha value is -3.37. The smallest absolute Gasteiger partial charge is 0.307 e. The lowest BCUT2D eigenvalue weighted by Gasteiger charge is -2.36. The van der Waals surface area contributed by atoms with Crippen molar-refractivity contribution >= 4 is 71.2 Å². The highest BCUT2D eigenvalue weighted by atomic mass is 32.3. The number of aliphatic carboxylic acids is 1. The van der Waals surface area contributed by atoms with Gasteiger partial charge in [-0.25, -0.2) is 36.7 Å². The highest BCUT2D eigenvalue weighted by Crippen LogP contribution is 2.40. The Morgan fingerprint density at radius 3 is 1.19 bits per heavy atom. The maximum absolute atomic E-state index is 13.5. The van der Waals surface area contributed by atoms with Crippen LogP contribution in [0, 0.1) is 0 Å². The molecule has 0 aliphatic rings. The summed E-state index contributed by atoms with van der Waals surface area (Å²) in [6, 6.07) is 0. The minimum Gasteiger partial charge on any atom is -0.481 e. The Balaban J connectivity index is 0.000000427. The van der Waals surface area contributed by atoms with Gasteiger partial charge in [0.15, 0.2) is 25.1 Å². The van der Waals surface area contributed by atoms with E-state index >= 15 is 0 Å². The molecule has 424 valence electrons. The number of hydrogen-bond donors (Lipinski definition) is 5. The third kappa shape index (κ3) is 19.2. The molecule has 4 aromatic heterocycles. The second-order valence-electron chi connectivity index (χ2n) is 24.3. The first-order valence-corrected chi connectivity index (χ1v) is 35.6. The van der Waals surface area contributed by atoms with Crippen LogP contribution in [0.1, 0.15) is 203 Å². The normalized spacial score (nSPS) is 13.2. The van der Waals surface area contributed by atoms with Crippen LogP contribution in [-0.2, 0) is 75.7 Å². The molecule has 0 atom stereocenters. The molecule has 1 amide bonds. The Bertz CT molecular complexity index is 2760. The number of carboxylic acid groups (broad SMARTS) is 1. The zero-order valence-corrected chi connectivity index (χ0v) is 53.8. The molecular weight excluding hydrogens is 1070 g/mol.